The van der Waals surface area contributed by atoms with Crippen LogP contribution in [0.15, 0.2) is 67.1 Å². The molecule has 0 saturated carbocycles. The Morgan fingerprint density at radius 1 is 1.00 bits per heavy atom. The van der Waals surface area contributed by atoms with Gasteiger partial charge >= 0.3 is 6.03 Å². The number of aryl methyl sites for hydroxylation is 3. The van der Waals surface area contributed by atoms with Crippen LogP contribution in [0, 0.1) is 18.7 Å². The van der Waals surface area contributed by atoms with Gasteiger partial charge in [0.05, 0.1) is 11.9 Å². The van der Waals surface area contributed by atoms with Crippen LogP contribution in [0.2, 0.25) is 0 Å². The molecule has 0 spiro atoms. The van der Waals surface area contributed by atoms with Crippen LogP contribution in [0.3, 0.4) is 0 Å². The fraction of sp³-hybridized carbons (Fsp3) is 0.258. The summed E-state index contributed by atoms with van der Waals surface area (Å²) in [5, 5.41) is 12.5. The SMILES string of the molecule is Cc1cnc2nc1Nc1ccc(NC(=O)C[C@H]3CCN(C(=O)Nc4ccc(F)cc4)C3)c(c1)CCc1cncc(c1)N2. The van der Waals surface area contributed by atoms with E-state index in [1.165, 1.54) is 24.3 Å². The fourth-order valence-electron chi connectivity index (χ4n) is 5.25. The molecule has 1 saturated heterocycles. The summed E-state index contributed by atoms with van der Waals surface area (Å²) in [4.78, 5) is 40.9. The number of likely N-dealkylation sites (tertiary alicyclic amines) is 1. The number of aromatic nitrogens is 3. The van der Waals surface area contributed by atoms with Crippen LogP contribution >= 0.6 is 0 Å². The number of pyridine rings is 1. The number of nitrogens with one attached hydrogen (secondary N) is 4. The molecule has 2 aliphatic heterocycles. The number of amides is 3. The number of hydrogen-bond donors (Lipinski definition) is 4. The van der Waals surface area contributed by atoms with Gasteiger partial charge < -0.3 is 26.2 Å². The van der Waals surface area contributed by atoms with Crippen molar-refractivity contribution in [3.8, 4) is 0 Å². The number of rotatable bonds is 4. The summed E-state index contributed by atoms with van der Waals surface area (Å²) in [7, 11) is 0. The number of carbonyl (C=O) groups is 2. The van der Waals surface area contributed by atoms with Gasteiger partial charge in [-0.1, -0.05) is 0 Å². The van der Waals surface area contributed by atoms with E-state index in [2.05, 4.69) is 36.2 Å². The Morgan fingerprint density at radius 3 is 2.71 bits per heavy atom. The summed E-state index contributed by atoms with van der Waals surface area (Å²) in [6.45, 7) is 2.98. The number of benzene rings is 2. The minimum atomic E-state index is -0.359. The third kappa shape index (κ3) is 6.46. The number of anilines is 6. The van der Waals surface area contributed by atoms with E-state index in [-0.39, 0.29) is 23.7 Å². The van der Waals surface area contributed by atoms with Crippen molar-refractivity contribution in [2.24, 2.45) is 5.92 Å². The Hall–Kier alpha value is -5.06. The Balaban J connectivity index is 1.13. The van der Waals surface area contributed by atoms with Crippen LogP contribution < -0.4 is 21.3 Å². The molecule has 4 aromatic rings. The average molecular weight is 567 g/mol. The van der Waals surface area contributed by atoms with E-state index in [1.807, 2.05) is 37.4 Å². The predicted molar refractivity (Wildman–Crippen MR) is 160 cm³/mol. The van der Waals surface area contributed by atoms with Crippen LogP contribution in [0.4, 0.5) is 43.7 Å². The zero-order valence-corrected chi connectivity index (χ0v) is 23.2. The molecule has 2 aromatic heterocycles. The lowest BCUT2D eigenvalue weighted by atomic mass is 10.0. The zero-order valence-electron chi connectivity index (χ0n) is 23.2. The summed E-state index contributed by atoms with van der Waals surface area (Å²) < 4.78 is 13.2. The maximum atomic E-state index is 13.2. The molecule has 4 N–H and O–H groups in total. The van der Waals surface area contributed by atoms with Crippen molar-refractivity contribution in [2.45, 2.75) is 32.6 Å². The van der Waals surface area contributed by atoms with Gasteiger partial charge in [-0.2, -0.15) is 4.98 Å². The molecular weight excluding hydrogens is 535 g/mol. The first-order chi connectivity index (χ1) is 20.4. The van der Waals surface area contributed by atoms with Crippen LogP contribution in [-0.4, -0.2) is 44.9 Å². The fourth-order valence-corrected chi connectivity index (χ4v) is 5.25. The molecule has 0 radical (unpaired) electrons. The lowest BCUT2D eigenvalue weighted by Crippen LogP contribution is -2.33. The molecule has 42 heavy (non-hydrogen) atoms. The molecule has 0 aliphatic carbocycles. The molecular formula is C31H31FN8O2. The number of nitrogens with zero attached hydrogens (tertiary/aromatic N) is 4. The molecule has 1 fully saturated rings. The smallest absolute Gasteiger partial charge is 0.321 e. The minimum absolute atomic E-state index is 0.0474. The lowest BCUT2D eigenvalue weighted by Gasteiger charge is -2.18. The molecule has 214 valence electrons. The second-order valence-corrected chi connectivity index (χ2v) is 10.7. The summed E-state index contributed by atoms with van der Waals surface area (Å²) in [5.74, 6) is 0.759. The van der Waals surface area contributed by atoms with Crippen LogP contribution in [0.1, 0.15) is 29.5 Å². The van der Waals surface area contributed by atoms with E-state index in [4.69, 9.17) is 0 Å². The summed E-state index contributed by atoms with van der Waals surface area (Å²) >= 11 is 0. The van der Waals surface area contributed by atoms with Gasteiger partial charge in [0, 0.05) is 54.5 Å². The van der Waals surface area contributed by atoms with Crippen LogP contribution in [0.5, 0.6) is 0 Å². The predicted octanol–water partition coefficient (Wildman–Crippen LogP) is 5.79. The Labute approximate surface area is 242 Å². The maximum Gasteiger partial charge on any atom is 0.321 e. The molecule has 0 unspecified atom stereocenters. The largest absolute Gasteiger partial charge is 0.340 e. The molecule has 3 amide bonds. The van der Waals surface area contributed by atoms with Crippen molar-refractivity contribution in [1.29, 1.82) is 0 Å². The quantitative estimate of drug-likeness (QED) is 0.247. The van der Waals surface area contributed by atoms with E-state index in [0.29, 0.717) is 43.4 Å². The van der Waals surface area contributed by atoms with Gasteiger partial charge in [0.25, 0.3) is 0 Å². The normalized spacial score (nSPS) is 15.8. The van der Waals surface area contributed by atoms with Gasteiger partial charge in [-0.25, -0.2) is 14.2 Å². The van der Waals surface area contributed by atoms with E-state index in [9.17, 15) is 14.0 Å². The van der Waals surface area contributed by atoms with Gasteiger partial charge in [0.1, 0.15) is 11.6 Å². The first-order valence-electron chi connectivity index (χ1n) is 13.9. The molecule has 1 atom stereocenters. The zero-order chi connectivity index (χ0) is 29.1. The van der Waals surface area contributed by atoms with Crippen molar-refractivity contribution in [3.63, 3.8) is 0 Å². The molecule has 6 rings (SSSR count). The molecule has 4 heterocycles. The summed E-state index contributed by atoms with van der Waals surface area (Å²) in [6.07, 6.45) is 7.80. The van der Waals surface area contributed by atoms with Crippen molar-refractivity contribution in [1.82, 2.24) is 19.9 Å². The van der Waals surface area contributed by atoms with Gasteiger partial charge in [-0.3, -0.25) is 9.78 Å². The topological polar surface area (TPSA) is 124 Å². The van der Waals surface area contributed by atoms with E-state index >= 15 is 0 Å². The Morgan fingerprint density at radius 2 is 1.86 bits per heavy atom. The molecule has 6 bridgehead atoms. The Bertz CT molecular complexity index is 1630. The first-order valence-corrected chi connectivity index (χ1v) is 13.9. The number of fused-ring (bicyclic) bond motifs is 6. The number of hydrogen-bond acceptors (Lipinski definition) is 7. The Kier molecular flexibility index (Phi) is 7.63. The highest BCUT2D eigenvalue weighted by Gasteiger charge is 2.28. The second kappa shape index (κ2) is 11.8. The number of carbonyl (C=O) groups excluding carboxylic acids is 2. The minimum Gasteiger partial charge on any atom is -0.340 e. The van der Waals surface area contributed by atoms with E-state index < -0.39 is 0 Å². The third-order valence-corrected chi connectivity index (χ3v) is 7.49. The van der Waals surface area contributed by atoms with Gasteiger partial charge in [-0.05, 0) is 91.8 Å². The van der Waals surface area contributed by atoms with Gasteiger partial charge in [0.2, 0.25) is 11.9 Å². The highest BCUT2D eigenvalue weighted by Crippen LogP contribution is 2.28. The number of halogens is 1. The standard InChI is InChI=1S/C31H31FN8O2/c1-19-15-34-30-36-26-12-20(16-33-17-26)2-3-22-14-25(35-29(19)39-30)8-9-27(22)38-28(41)13-21-10-11-40(18-21)31(42)37-24-6-4-23(32)5-7-24/h4-9,12,14-17,21H,2-3,10-11,13,18H2,1H3,(H,37,42)(H,38,41)(H2,34,35,36,39)/t21-/m1/s1. The van der Waals surface area contributed by atoms with Gasteiger partial charge in [-0.15, -0.1) is 0 Å². The van der Waals surface area contributed by atoms with Crippen LogP contribution in [-0.2, 0) is 17.6 Å². The second-order valence-electron chi connectivity index (χ2n) is 10.7. The summed E-state index contributed by atoms with van der Waals surface area (Å²) in [6, 6.07) is 13.3. The monoisotopic (exact) mass is 566 g/mol. The molecule has 11 heteroatoms. The summed E-state index contributed by atoms with van der Waals surface area (Å²) in [5.41, 5.74) is 5.89. The van der Waals surface area contributed by atoms with Crippen molar-refractivity contribution in [2.75, 3.05) is 34.4 Å². The van der Waals surface area contributed by atoms with Gasteiger partial charge in [0.15, 0.2) is 0 Å². The lowest BCUT2D eigenvalue weighted by molar-refractivity contribution is -0.117. The number of urea groups is 1. The molecule has 2 aromatic carbocycles. The van der Waals surface area contributed by atoms with Crippen molar-refractivity contribution >= 4 is 46.5 Å². The van der Waals surface area contributed by atoms with Crippen LogP contribution in [0.25, 0.3) is 0 Å². The highest BCUT2D eigenvalue weighted by molar-refractivity contribution is 5.92. The molecule has 10 nitrogen and oxygen atoms in total. The maximum absolute atomic E-state index is 13.2. The highest BCUT2D eigenvalue weighted by atomic mass is 19.1. The average Bonchev–Trinajstić information content (AvgIpc) is 3.44. The van der Waals surface area contributed by atoms with E-state index in [1.54, 1.807) is 17.3 Å². The first kappa shape index (κ1) is 27.1. The van der Waals surface area contributed by atoms with Crippen molar-refractivity contribution in [3.05, 3.63) is 89.6 Å². The van der Waals surface area contributed by atoms with E-state index in [0.717, 1.165) is 46.6 Å². The van der Waals surface area contributed by atoms with Crippen molar-refractivity contribution < 1.29 is 14.0 Å². The third-order valence-electron chi connectivity index (χ3n) is 7.49. The molecule has 2 aliphatic rings.